The van der Waals surface area contributed by atoms with Crippen LogP contribution in [0.15, 0.2) is 36.4 Å². The minimum Gasteiger partial charge on any atom is -0.346 e. The Morgan fingerprint density at radius 2 is 2.07 bits per heavy atom. The average Bonchev–Trinajstić information content (AvgIpc) is 2.63. The molecule has 2 heteroatoms. The third-order valence-corrected chi connectivity index (χ3v) is 2.11. The highest BCUT2D eigenvalue weighted by Gasteiger charge is 2.19. The van der Waals surface area contributed by atoms with E-state index in [1.807, 2.05) is 37.3 Å². The molecule has 0 unspecified atom stereocenters. The monoisotopic (exact) mass is 190 g/mol. The van der Waals surface area contributed by atoms with Crippen LogP contribution in [0.2, 0.25) is 0 Å². The van der Waals surface area contributed by atoms with E-state index in [2.05, 4.69) is 12.1 Å². The summed E-state index contributed by atoms with van der Waals surface area (Å²) in [7, 11) is 0. The van der Waals surface area contributed by atoms with E-state index < -0.39 is 0 Å². The van der Waals surface area contributed by atoms with Gasteiger partial charge in [-0.1, -0.05) is 36.4 Å². The van der Waals surface area contributed by atoms with E-state index in [0.717, 1.165) is 0 Å². The molecule has 2 nitrogen and oxygen atoms in total. The van der Waals surface area contributed by atoms with Crippen LogP contribution < -0.4 is 0 Å². The van der Waals surface area contributed by atoms with Gasteiger partial charge in [-0.2, -0.15) is 0 Å². The maximum Gasteiger partial charge on any atom is 0.177 e. The summed E-state index contributed by atoms with van der Waals surface area (Å²) in [6.45, 7) is 2.69. The molecule has 1 aromatic rings. The van der Waals surface area contributed by atoms with Gasteiger partial charge in [0.05, 0.1) is 12.7 Å². The van der Waals surface area contributed by atoms with Crippen LogP contribution in [-0.2, 0) is 9.47 Å². The van der Waals surface area contributed by atoms with Crippen LogP contribution in [0, 0.1) is 0 Å². The summed E-state index contributed by atoms with van der Waals surface area (Å²) >= 11 is 0. The molecule has 0 bridgehead atoms. The Hall–Kier alpha value is -1.12. The molecule has 1 aliphatic heterocycles. The number of rotatable bonds is 2. The molecule has 2 atom stereocenters. The Balaban J connectivity index is 1.94. The van der Waals surface area contributed by atoms with Gasteiger partial charge in [-0.25, -0.2) is 0 Å². The molecule has 1 aliphatic rings. The smallest absolute Gasteiger partial charge is 0.177 e. The number of hydrogen-bond donors (Lipinski definition) is 0. The molecular formula is C12H14O2. The molecular weight excluding hydrogens is 176 g/mol. The summed E-state index contributed by atoms with van der Waals surface area (Å²) in [5, 5.41) is 0. The molecule has 0 aliphatic carbocycles. The van der Waals surface area contributed by atoms with E-state index >= 15 is 0 Å². The highest BCUT2D eigenvalue weighted by Crippen LogP contribution is 2.13. The van der Waals surface area contributed by atoms with Gasteiger partial charge in [0.25, 0.3) is 0 Å². The lowest BCUT2D eigenvalue weighted by Crippen LogP contribution is -2.05. The predicted octanol–water partition coefficient (Wildman–Crippen LogP) is 2.46. The highest BCUT2D eigenvalue weighted by atomic mass is 16.7. The van der Waals surface area contributed by atoms with Crippen molar-refractivity contribution in [1.29, 1.82) is 0 Å². The van der Waals surface area contributed by atoms with Crippen molar-refractivity contribution in [3.63, 3.8) is 0 Å². The molecule has 2 rings (SSSR count). The van der Waals surface area contributed by atoms with E-state index in [-0.39, 0.29) is 12.4 Å². The zero-order chi connectivity index (χ0) is 9.80. The van der Waals surface area contributed by atoms with Crippen molar-refractivity contribution in [3.8, 4) is 0 Å². The third kappa shape index (κ3) is 2.44. The second-order valence-corrected chi connectivity index (χ2v) is 3.42. The van der Waals surface area contributed by atoms with Gasteiger partial charge in [-0.05, 0) is 18.6 Å². The maximum absolute atomic E-state index is 5.47. The fourth-order valence-corrected chi connectivity index (χ4v) is 1.39. The Morgan fingerprint density at radius 1 is 1.29 bits per heavy atom. The van der Waals surface area contributed by atoms with Crippen molar-refractivity contribution in [2.75, 3.05) is 6.61 Å². The van der Waals surface area contributed by atoms with Crippen molar-refractivity contribution < 1.29 is 9.47 Å². The van der Waals surface area contributed by atoms with Crippen LogP contribution >= 0.6 is 0 Å². The topological polar surface area (TPSA) is 18.5 Å². The third-order valence-electron chi connectivity index (χ3n) is 2.11. The standard InChI is InChI=1S/C12H14O2/c1-10-9-13-12(14-10)8-7-11-5-3-2-4-6-11/h2-8,10,12H,9H2,1H3/b8-7-/t10-,12-/m1/s1. The molecule has 1 heterocycles. The first-order chi connectivity index (χ1) is 6.84. The molecule has 0 spiro atoms. The highest BCUT2D eigenvalue weighted by molar-refractivity contribution is 5.48. The Morgan fingerprint density at radius 3 is 2.71 bits per heavy atom. The number of hydrogen-bond acceptors (Lipinski definition) is 2. The van der Waals surface area contributed by atoms with E-state index in [0.29, 0.717) is 6.61 Å². The zero-order valence-electron chi connectivity index (χ0n) is 8.22. The summed E-state index contributed by atoms with van der Waals surface area (Å²) in [5.74, 6) is 0. The van der Waals surface area contributed by atoms with E-state index in [1.165, 1.54) is 5.56 Å². The van der Waals surface area contributed by atoms with Gasteiger partial charge in [0.1, 0.15) is 0 Å². The largest absolute Gasteiger partial charge is 0.346 e. The minimum atomic E-state index is -0.176. The van der Waals surface area contributed by atoms with Gasteiger partial charge < -0.3 is 9.47 Å². The summed E-state index contributed by atoms with van der Waals surface area (Å²) in [6.07, 6.45) is 3.99. The van der Waals surface area contributed by atoms with Gasteiger partial charge in [0, 0.05) is 0 Å². The fraction of sp³-hybridized carbons (Fsp3) is 0.333. The van der Waals surface area contributed by atoms with Crippen molar-refractivity contribution in [2.24, 2.45) is 0 Å². The first kappa shape index (κ1) is 9.44. The summed E-state index contributed by atoms with van der Waals surface area (Å²) in [6, 6.07) is 10.1. The SMILES string of the molecule is C[C@@H]1CO[C@@H](/C=C\c2ccccc2)O1. The fourth-order valence-electron chi connectivity index (χ4n) is 1.39. The second kappa shape index (κ2) is 4.40. The maximum atomic E-state index is 5.47. The molecule has 1 aromatic carbocycles. The average molecular weight is 190 g/mol. The van der Waals surface area contributed by atoms with Gasteiger partial charge >= 0.3 is 0 Å². The second-order valence-electron chi connectivity index (χ2n) is 3.42. The summed E-state index contributed by atoms with van der Waals surface area (Å²) in [5.41, 5.74) is 1.17. The van der Waals surface area contributed by atoms with Gasteiger partial charge in [0.2, 0.25) is 0 Å². The molecule has 0 saturated carbocycles. The number of ether oxygens (including phenoxy) is 2. The van der Waals surface area contributed by atoms with Gasteiger partial charge in [0.15, 0.2) is 6.29 Å². The lowest BCUT2D eigenvalue weighted by Gasteiger charge is -2.02. The van der Waals surface area contributed by atoms with E-state index in [9.17, 15) is 0 Å². The van der Waals surface area contributed by atoms with Crippen LogP contribution in [0.1, 0.15) is 12.5 Å². The van der Waals surface area contributed by atoms with Crippen LogP contribution in [0.5, 0.6) is 0 Å². The summed E-state index contributed by atoms with van der Waals surface area (Å²) < 4.78 is 10.9. The number of benzene rings is 1. The van der Waals surface area contributed by atoms with Crippen LogP contribution in [0.4, 0.5) is 0 Å². The first-order valence-electron chi connectivity index (χ1n) is 4.85. The van der Waals surface area contributed by atoms with Crippen LogP contribution in [-0.4, -0.2) is 19.0 Å². The molecule has 0 amide bonds. The van der Waals surface area contributed by atoms with Crippen molar-refractivity contribution in [2.45, 2.75) is 19.3 Å². The molecule has 1 saturated heterocycles. The van der Waals surface area contributed by atoms with Crippen LogP contribution in [0.3, 0.4) is 0 Å². The van der Waals surface area contributed by atoms with E-state index in [4.69, 9.17) is 9.47 Å². The molecule has 0 aromatic heterocycles. The Bertz CT molecular complexity index is 305. The molecule has 0 radical (unpaired) electrons. The van der Waals surface area contributed by atoms with Crippen molar-refractivity contribution in [1.82, 2.24) is 0 Å². The Labute approximate surface area is 84.2 Å². The summed E-state index contributed by atoms with van der Waals surface area (Å²) in [4.78, 5) is 0. The minimum absolute atomic E-state index is 0.176. The van der Waals surface area contributed by atoms with Gasteiger partial charge in [-0.3, -0.25) is 0 Å². The molecule has 74 valence electrons. The van der Waals surface area contributed by atoms with E-state index in [1.54, 1.807) is 0 Å². The Kier molecular flexibility index (Phi) is 2.96. The molecule has 1 fully saturated rings. The zero-order valence-corrected chi connectivity index (χ0v) is 8.22. The lowest BCUT2D eigenvalue weighted by atomic mass is 10.2. The van der Waals surface area contributed by atoms with Crippen LogP contribution in [0.25, 0.3) is 6.08 Å². The quantitative estimate of drug-likeness (QED) is 0.713. The van der Waals surface area contributed by atoms with Gasteiger partial charge in [-0.15, -0.1) is 0 Å². The predicted molar refractivity (Wildman–Crippen MR) is 55.8 cm³/mol. The lowest BCUT2D eigenvalue weighted by molar-refractivity contribution is -0.0155. The molecule has 0 N–H and O–H groups in total. The van der Waals surface area contributed by atoms with Crippen molar-refractivity contribution >= 4 is 6.08 Å². The van der Waals surface area contributed by atoms with Crippen molar-refractivity contribution in [3.05, 3.63) is 42.0 Å². The molecule has 14 heavy (non-hydrogen) atoms. The first-order valence-corrected chi connectivity index (χ1v) is 4.85. The normalized spacial score (nSPS) is 27.2.